The quantitative estimate of drug-likeness (QED) is 0.732. The maximum atomic E-state index is 13.0. The van der Waals surface area contributed by atoms with Crippen LogP contribution in [-0.4, -0.2) is 7.05 Å². The lowest BCUT2D eigenvalue weighted by molar-refractivity contribution is -0.138. The normalized spacial score (nSPS) is 13.4. The van der Waals surface area contributed by atoms with Crippen molar-refractivity contribution in [1.29, 1.82) is 0 Å². The predicted molar refractivity (Wildman–Crippen MR) is 83.6 cm³/mol. The molecule has 0 aliphatic rings. The molecule has 0 aliphatic heterocycles. The summed E-state index contributed by atoms with van der Waals surface area (Å²) in [6.45, 7) is 0. The van der Waals surface area contributed by atoms with Crippen molar-refractivity contribution >= 4 is 27.3 Å². The molecule has 0 fully saturated rings. The van der Waals surface area contributed by atoms with Crippen LogP contribution in [0.3, 0.4) is 0 Å². The van der Waals surface area contributed by atoms with Gasteiger partial charge in [0.1, 0.15) is 0 Å². The zero-order valence-corrected chi connectivity index (χ0v) is 13.8. The van der Waals surface area contributed by atoms with E-state index in [1.807, 2.05) is 17.5 Å². The smallest absolute Gasteiger partial charge is 0.313 e. The van der Waals surface area contributed by atoms with Crippen molar-refractivity contribution < 1.29 is 13.2 Å². The Hall–Kier alpha value is -0.850. The molecule has 21 heavy (non-hydrogen) atoms. The van der Waals surface area contributed by atoms with Gasteiger partial charge in [-0.1, -0.05) is 28.1 Å². The molecular formula is C15H15BrF3NS. The van der Waals surface area contributed by atoms with Crippen molar-refractivity contribution in [3.05, 3.63) is 56.2 Å². The minimum atomic E-state index is -4.35. The van der Waals surface area contributed by atoms with E-state index in [2.05, 4.69) is 21.2 Å². The molecule has 6 heteroatoms. The van der Waals surface area contributed by atoms with Gasteiger partial charge in [0.2, 0.25) is 0 Å². The average molecular weight is 378 g/mol. The van der Waals surface area contributed by atoms with E-state index in [0.29, 0.717) is 5.56 Å². The summed E-state index contributed by atoms with van der Waals surface area (Å²) in [4.78, 5) is 1.24. The minimum absolute atomic E-state index is 0.0758. The summed E-state index contributed by atoms with van der Waals surface area (Å²) in [5.41, 5.74) is 0.0287. The Morgan fingerprint density at radius 2 is 2.05 bits per heavy atom. The van der Waals surface area contributed by atoms with Crippen LogP contribution < -0.4 is 5.32 Å². The Morgan fingerprint density at radius 3 is 2.62 bits per heavy atom. The number of nitrogens with one attached hydrogen (secondary N) is 1. The zero-order valence-electron chi connectivity index (χ0n) is 11.4. The second kappa shape index (κ2) is 6.94. The first-order chi connectivity index (χ1) is 9.91. The van der Waals surface area contributed by atoms with E-state index in [-0.39, 0.29) is 10.5 Å². The molecule has 114 valence electrons. The maximum absolute atomic E-state index is 13.0. The highest BCUT2D eigenvalue weighted by Crippen LogP contribution is 2.36. The van der Waals surface area contributed by atoms with E-state index in [4.69, 9.17) is 0 Å². The highest BCUT2D eigenvalue weighted by molar-refractivity contribution is 9.10. The number of benzene rings is 1. The number of aryl methyl sites for hydroxylation is 1. The minimum Gasteiger partial charge on any atom is -0.313 e. The van der Waals surface area contributed by atoms with Gasteiger partial charge in [-0.3, -0.25) is 0 Å². The van der Waals surface area contributed by atoms with Crippen molar-refractivity contribution in [2.75, 3.05) is 7.05 Å². The number of rotatable bonds is 5. The van der Waals surface area contributed by atoms with Gasteiger partial charge in [-0.05, 0) is 49.0 Å². The van der Waals surface area contributed by atoms with Crippen molar-refractivity contribution in [2.45, 2.75) is 25.1 Å². The molecule has 0 radical (unpaired) electrons. The van der Waals surface area contributed by atoms with Crippen LogP contribution in [0.25, 0.3) is 0 Å². The second-order valence-electron chi connectivity index (χ2n) is 4.70. The van der Waals surface area contributed by atoms with Crippen LogP contribution in [0.2, 0.25) is 0 Å². The molecule has 1 heterocycles. The van der Waals surface area contributed by atoms with Crippen LogP contribution in [0.5, 0.6) is 0 Å². The first kappa shape index (κ1) is 16.5. The van der Waals surface area contributed by atoms with Gasteiger partial charge >= 0.3 is 6.18 Å². The first-order valence-corrected chi connectivity index (χ1v) is 8.15. The van der Waals surface area contributed by atoms with Crippen molar-refractivity contribution in [3.8, 4) is 0 Å². The standard InChI is InChI=1S/C15H15BrF3NS/c1-20-14(7-5-11-3-2-8-21-11)10-4-6-13(16)12(9-10)15(17,18)19/h2-4,6,8-9,14,20H,5,7H2,1H3. The van der Waals surface area contributed by atoms with Gasteiger partial charge in [-0.15, -0.1) is 11.3 Å². The summed E-state index contributed by atoms with van der Waals surface area (Å²) in [6, 6.07) is 8.35. The highest BCUT2D eigenvalue weighted by atomic mass is 79.9. The number of alkyl halides is 3. The molecule has 1 aromatic carbocycles. The molecule has 0 bridgehead atoms. The molecule has 1 aromatic heterocycles. The molecule has 0 amide bonds. The van der Waals surface area contributed by atoms with Crippen molar-refractivity contribution in [2.24, 2.45) is 0 Å². The van der Waals surface area contributed by atoms with Crippen LogP contribution >= 0.6 is 27.3 Å². The molecular weight excluding hydrogens is 363 g/mol. The lowest BCUT2D eigenvalue weighted by Crippen LogP contribution is -2.18. The molecule has 1 atom stereocenters. The van der Waals surface area contributed by atoms with E-state index in [1.54, 1.807) is 24.5 Å². The molecule has 1 unspecified atom stereocenters. The third-order valence-electron chi connectivity index (χ3n) is 3.31. The van der Waals surface area contributed by atoms with Gasteiger partial charge in [0.05, 0.1) is 5.56 Å². The number of hydrogen-bond donors (Lipinski definition) is 1. The second-order valence-corrected chi connectivity index (χ2v) is 6.58. The molecule has 1 nitrogen and oxygen atoms in total. The lowest BCUT2D eigenvalue weighted by atomic mass is 9.99. The first-order valence-electron chi connectivity index (χ1n) is 6.48. The molecule has 1 N–H and O–H groups in total. The van der Waals surface area contributed by atoms with Gasteiger partial charge in [0.25, 0.3) is 0 Å². The molecule has 0 saturated heterocycles. The van der Waals surface area contributed by atoms with Crippen LogP contribution in [0, 0.1) is 0 Å². The summed E-state index contributed by atoms with van der Waals surface area (Å²) >= 11 is 4.63. The Bertz CT molecular complexity index is 581. The number of hydrogen-bond acceptors (Lipinski definition) is 2. The van der Waals surface area contributed by atoms with E-state index < -0.39 is 11.7 Å². The van der Waals surface area contributed by atoms with E-state index >= 15 is 0 Å². The van der Waals surface area contributed by atoms with Gasteiger partial charge in [-0.25, -0.2) is 0 Å². The topological polar surface area (TPSA) is 12.0 Å². The third kappa shape index (κ3) is 4.31. The molecule has 2 aromatic rings. The zero-order chi connectivity index (χ0) is 15.5. The Morgan fingerprint density at radius 1 is 1.29 bits per heavy atom. The number of thiophene rings is 1. The third-order valence-corrected chi connectivity index (χ3v) is 4.93. The largest absolute Gasteiger partial charge is 0.417 e. The van der Waals surface area contributed by atoms with Crippen LogP contribution in [0.1, 0.15) is 28.5 Å². The Balaban J connectivity index is 2.18. The number of halogens is 4. The van der Waals surface area contributed by atoms with E-state index in [1.165, 1.54) is 17.0 Å². The van der Waals surface area contributed by atoms with E-state index in [0.717, 1.165) is 12.8 Å². The van der Waals surface area contributed by atoms with Crippen LogP contribution in [0.15, 0.2) is 40.2 Å². The predicted octanol–water partition coefficient (Wildman–Crippen LogP) is 5.42. The highest BCUT2D eigenvalue weighted by Gasteiger charge is 2.33. The van der Waals surface area contributed by atoms with Gasteiger partial charge in [0.15, 0.2) is 0 Å². The molecule has 0 saturated carbocycles. The van der Waals surface area contributed by atoms with Gasteiger partial charge in [-0.2, -0.15) is 13.2 Å². The lowest BCUT2D eigenvalue weighted by Gasteiger charge is -2.19. The summed E-state index contributed by atoms with van der Waals surface area (Å²) < 4.78 is 38.9. The van der Waals surface area contributed by atoms with Crippen LogP contribution in [0.4, 0.5) is 13.2 Å². The Labute approximate surface area is 134 Å². The summed E-state index contributed by atoms with van der Waals surface area (Å²) in [7, 11) is 1.77. The maximum Gasteiger partial charge on any atom is 0.417 e. The fraction of sp³-hybridized carbons (Fsp3) is 0.333. The summed E-state index contributed by atoms with van der Waals surface area (Å²) in [6.07, 6.45) is -2.74. The Kier molecular flexibility index (Phi) is 5.46. The molecule has 2 rings (SSSR count). The van der Waals surface area contributed by atoms with E-state index in [9.17, 15) is 13.2 Å². The monoisotopic (exact) mass is 377 g/mol. The van der Waals surface area contributed by atoms with Gasteiger partial charge in [0, 0.05) is 15.4 Å². The van der Waals surface area contributed by atoms with Crippen molar-refractivity contribution in [1.82, 2.24) is 5.32 Å². The molecule has 0 spiro atoms. The average Bonchev–Trinajstić information content (AvgIpc) is 2.93. The van der Waals surface area contributed by atoms with Crippen LogP contribution in [-0.2, 0) is 12.6 Å². The summed E-state index contributed by atoms with van der Waals surface area (Å²) in [5.74, 6) is 0. The SMILES string of the molecule is CNC(CCc1cccs1)c1ccc(Br)c(C(F)(F)F)c1. The fourth-order valence-corrected chi connectivity index (χ4v) is 3.39. The molecule has 0 aliphatic carbocycles. The summed E-state index contributed by atoms with van der Waals surface area (Å²) in [5, 5.41) is 5.11. The van der Waals surface area contributed by atoms with Gasteiger partial charge < -0.3 is 5.32 Å². The fourth-order valence-electron chi connectivity index (χ4n) is 2.20. The van der Waals surface area contributed by atoms with Crippen molar-refractivity contribution in [3.63, 3.8) is 0 Å².